The summed E-state index contributed by atoms with van der Waals surface area (Å²) < 4.78 is 34.7. The smallest absolute Gasteiger partial charge is 0.306 e. The Morgan fingerprint density at radius 3 is 1.17 bits per heavy atom. The van der Waals surface area contributed by atoms with Crippen molar-refractivity contribution in [3.8, 4) is 23.0 Å². The lowest BCUT2D eigenvalue weighted by molar-refractivity contribution is -0.152. The highest BCUT2D eigenvalue weighted by atomic mass is 16.6. The van der Waals surface area contributed by atoms with E-state index in [1.165, 1.54) is 0 Å². The quantitative estimate of drug-likeness (QED) is 0.0271. The number of carbonyl (C=O) groups is 2. The van der Waals surface area contributed by atoms with E-state index >= 15 is 0 Å². The van der Waals surface area contributed by atoms with Crippen molar-refractivity contribution in [2.24, 2.45) is 0 Å². The van der Waals surface area contributed by atoms with Gasteiger partial charge in [0.2, 0.25) is 0 Å². The van der Waals surface area contributed by atoms with Crippen LogP contribution in [0.4, 0.5) is 0 Å². The zero-order valence-corrected chi connectivity index (χ0v) is 37.8. The first-order chi connectivity index (χ1) is 30.7. The molecule has 0 aliphatic carbocycles. The van der Waals surface area contributed by atoms with E-state index in [-0.39, 0.29) is 75.4 Å². The molecule has 2 unspecified atom stereocenters. The molecular weight excluding hydrogens is 821 g/mol. The van der Waals surface area contributed by atoms with E-state index in [9.17, 15) is 19.8 Å². The van der Waals surface area contributed by atoms with Gasteiger partial charge in [-0.3, -0.25) is 9.59 Å². The van der Waals surface area contributed by atoms with E-state index in [1.54, 1.807) is 0 Å². The number of ether oxygens (including phenoxy) is 6. The predicted molar refractivity (Wildman–Crippen MR) is 243 cm³/mol. The fourth-order valence-corrected chi connectivity index (χ4v) is 6.80. The van der Waals surface area contributed by atoms with Gasteiger partial charge in [0.15, 0.2) is 6.10 Å². The van der Waals surface area contributed by atoms with Crippen LogP contribution in [-0.4, -0.2) is 109 Å². The van der Waals surface area contributed by atoms with Crippen LogP contribution >= 0.6 is 0 Å². The third kappa shape index (κ3) is 17.1. The average molecular weight is 889 g/mol. The van der Waals surface area contributed by atoms with Crippen LogP contribution in [0.3, 0.4) is 0 Å². The maximum Gasteiger partial charge on any atom is 0.306 e. The summed E-state index contributed by atoms with van der Waals surface area (Å²) in [6.45, 7) is 8.26. The zero-order valence-electron chi connectivity index (χ0n) is 37.8. The van der Waals surface area contributed by atoms with E-state index in [0.29, 0.717) is 68.1 Å². The maximum absolute atomic E-state index is 13.1. The molecule has 0 radical (unpaired) electrons. The molecule has 64 heavy (non-hydrogen) atoms. The van der Waals surface area contributed by atoms with Crippen molar-refractivity contribution in [3.63, 3.8) is 0 Å². The molecule has 4 aromatic rings. The monoisotopic (exact) mass is 888 g/mol. The minimum Gasteiger partial charge on any atom is -0.491 e. The minimum atomic E-state index is -0.941. The number of esters is 2. The number of unbranched alkanes of at least 4 members (excludes halogenated alkanes) is 4. The summed E-state index contributed by atoms with van der Waals surface area (Å²) >= 11 is 0. The molecule has 0 aliphatic rings. The summed E-state index contributed by atoms with van der Waals surface area (Å²) in [5, 5.41) is 46.2. The van der Waals surface area contributed by atoms with Gasteiger partial charge in [0.1, 0.15) is 61.6 Å². The molecule has 4 rings (SSSR count). The van der Waals surface area contributed by atoms with Gasteiger partial charge in [-0.2, -0.15) is 0 Å². The molecule has 350 valence electrons. The Bertz CT molecular complexity index is 1810. The van der Waals surface area contributed by atoms with Crippen LogP contribution in [0.15, 0.2) is 97.1 Å². The summed E-state index contributed by atoms with van der Waals surface area (Å²) in [6, 6.07) is 30.8. The number of aliphatic hydroxyl groups is 5. The van der Waals surface area contributed by atoms with E-state index in [0.717, 1.165) is 28.7 Å². The first-order valence-electron chi connectivity index (χ1n) is 22.2. The van der Waals surface area contributed by atoms with E-state index in [4.69, 9.17) is 43.7 Å². The fourth-order valence-electron chi connectivity index (χ4n) is 6.80. The molecule has 2 atom stereocenters. The van der Waals surface area contributed by atoms with Gasteiger partial charge in [-0.25, -0.2) is 0 Å². The Hall–Kier alpha value is -5.18. The Balaban J connectivity index is 1.35. The van der Waals surface area contributed by atoms with Crippen LogP contribution in [0.1, 0.15) is 101 Å². The van der Waals surface area contributed by atoms with Crippen molar-refractivity contribution in [2.45, 2.75) is 108 Å². The lowest BCUT2D eigenvalue weighted by Crippen LogP contribution is -2.31. The topological polar surface area (TPSA) is 191 Å². The molecular formula is C51H68O13. The summed E-state index contributed by atoms with van der Waals surface area (Å²) in [4.78, 5) is 25.0. The highest BCUT2D eigenvalue weighted by molar-refractivity contribution is 5.69. The predicted octanol–water partition coefficient (Wildman–Crippen LogP) is 6.83. The van der Waals surface area contributed by atoms with Gasteiger partial charge in [-0.05, 0) is 103 Å². The molecule has 0 aliphatic heterocycles. The van der Waals surface area contributed by atoms with E-state index in [1.807, 2.05) is 97.1 Å². The van der Waals surface area contributed by atoms with Gasteiger partial charge in [0.25, 0.3) is 0 Å². The molecule has 0 saturated carbocycles. The number of aliphatic hydroxyl groups excluding tert-OH is 5. The molecule has 13 nitrogen and oxygen atoms in total. The summed E-state index contributed by atoms with van der Waals surface area (Å²) in [5.41, 5.74) is 3.51. The molecule has 0 bridgehead atoms. The molecule has 0 fully saturated rings. The lowest BCUT2D eigenvalue weighted by Gasteiger charge is -2.27. The normalized spacial score (nSPS) is 13.1. The van der Waals surface area contributed by atoms with Gasteiger partial charge in [-0.1, -0.05) is 82.6 Å². The number of hydrogen-bond donors (Lipinski definition) is 5. The van der Waals surface area contributed by atoms with Gasteiger partial charge in [-0.15, -0.1) is 0 Å². The second-order valence-electron chi connectivity index (χ2n) is 16.9. The SMILES string of the molecule is CC(C)(c1ccc(OCC(O)CO)cc1)c1ccc(OCC(COc2ccc(C(C)(C)c3ccc(OCC(O)CO)cc3)cc2)OC(=O)CCCCCOC(=O)CCCCCO)cc1. The van der Waals surface area contributed by atoms with Crippen molar-refractivity contribution in [2.75, 3.05) is 52.9 Å². The van der Waals surface area contributed by atoms with Crippen molar-refractivity contribution in [3.05, 3.63) is 119 Å². The van der Waals surface area contributed by atoms with Gasteiger partial charge < -0.3 is 54.0 Å². The number of benzene rings is 4. The zero-order chi connectivity index (χ0) is 46.4. The molecule has 4 aromatic carbocycles. The number of hydrogen-bond acceptors (Lipinski definition) is 13. The highest BCUT2D eigenvalue weighted by Crippen LogP contribution is 2.35. The van der Waals surface area contributed by atoms with Gasteiger partial charge in [0.05, 0.1) is 19.8 Å². The Morgan fingerprint density at radius 1 is 0.469 bits per heavy atom. The third-order valence-corrected chi connectivity index (χ3v) is 11.1. The largest absolute Gasteiger partial charge is 0.491 e. The van der Waals surface area contributed by atoms with Crippen LogP contribution in [0.5, 0.6) is 23.0 Å². The van der Waals surface area contributed by atoms with Gasteiger partial charge in [0, 0.05) is 30.3 Å². The van der Waals surface area contributed by atoms with Crippen LogP contribution < -0.4 is 18.9 Å². The second kappa shape index (κ2) is 26.6. The Kier molecular flexibility index (Phi) is 21.4. The first-order valence-corrected chi connectivity index (χ1v) is 22.2. The molecule has 0 aromatic heterocycles. The fraction of sp³-hybridized carbons (Fsp3) is 0.490. The molecule has 0 amide bonds. The molecule has 0 saturated heterocycles. The standard InChI is InChI=1S/C51H68O13/c1-50(2,37-13-21-43(22-14-37)60-33-41(55)31-53)39-17-25-45(26-18-39)62-35-47(64-49(58)12-8-6-10-30-59-48(57)11-7-5-9-29-52)36-63-46-27-19-40(20-28-46)51(3,4)38-15-23-44(24-16-38)61-34-42(56)32-54/h13-28,41-42,47,52-56H,5-12,29-36H2,1-4H3. The molecule has 0 spiro atoms. The van der Waals surface area contributed by atoms with E-state index < -0.39 is 18.3 Å². The van der Waals surface area contributed by atoms with Crippen LogP contribution in [0.2, 0.25) is 0 Å². The third-order valence-electron chi connectivity index (χ3n) is 11.1. The number of rotatable bonds is 30. The van der Waals surface area contributed by atoms with Crippen LogP contribution in [0.25, 0.3) is 0 Å². The summed E-state index contributed by atoms with van der Waals surface area (Å²) in [7, 11) is 0. The van der Waals surface area contributed by atoms with Crippen molar-refractivity contribution >= 4 is 11.9 Å². The molecule has 5 N–H and O–H groups in total. The first kappa shape index (κ1) is 51.5. The van der Waals surface area contributed by atoms with Crippen molar-refractivity contribution in [1.82, 2.24) is 0 Å². The van der Waals surface area contributed by atoms with Crippen molar-refractivity contribution in [1.29, 1.82) is 0 Å². The Labute approximate surface area is 377 Å². The molecule has 13 heteroatoms. The number of carbonyl (C=O) groups excluding carboxylic acids is 2. The van der Waals surface area contributed by atoms with E-state index in [2.05, 4.69) is 27.7 Å². The van der Waals surface area contributed by atoms with Crippen LogP contribution in [-0.2, 0) is 29.9 Å². The maximum atomic E-state index is 13.1. The minimum absolute atomic E-state index is 0.00347. The molecule has 0 heterocycles. The highest BCUT2D eigenvalue weighted by Gasteiger charge is 2.25. The van der Waals surface area contributed by atoms with Gasteiger partial charge >= 0.3 is 11.9 Å². The second-order valence-corrected chi connectivity index (χ2v) is 16.9. The Morgan fingerprint density at radius 2 is 0.812 bits per heavy atom. The van der Waals surface area contributed by atoms with Crippen molar-refractivity contribution < 1.29 is 63.5 Å². The summed E-state index contributed by atoms with van der Waals surface area (Å²) in [5.74, 6) is 1.77. The average Bonchev–Trinajstić information content (AvgIpc) is 3.31. The lowest BCUT2D eigenvalue weighted by atomic mass is 9.78. The van der Waals surface area contributed by atoms with Crippen LogP contribution in [0, 0.1) is 0 Å². The summed E-state index contributed by atoms with van der Waals surface area (Å²) in [6.07, 6.45) is 1.96.